The molecule has 0 fully saturated rings. The van der Waals surface area contributed by atoms with Crippen molar-refractivity contribution in [2.75, 3.05) is 0 Å². The predicted molar refractivity (Wildman–Crippen MR) is 7.13 cm³/mol. The first kappa shape index (κ1) is 30.0. The first-order chi connectivity index (χ1) is 0. The van der Waals surface area contributed by atoms with Gasteiger partial charge in [-0.25, -0.2) is 0 Å². The van der Waals surface area contributed by atoms with Gasteiger partial charge in [0.05, 0.1) is 0 Å². The molecule has 0 aromatic rings. The van der Waals surface area contributed by atoms with E-state index in [-0.39, 0.29) is 102 Å². The smallest absolute Gasteiger partial charge is 2.00 e. The Morgan fingerprint density at radius 1 is 0.750 bits per heavy atom. The van der Waals surface area contributed by atoms with Crippen molar-refractivity contribution in [2.24, 2.45) is 0 Å². The summed E-state index contributed by atoms with van der Waals surface area (Å²) >= 11 is 0. The van der Waals surface area contributed by atoms with Gasteiger partial charge in [0.1, 0.15) is 0 Å². The van der Waals surface area contributed by atoms with E-state index in [9.17, 15) is 0 Å². The Kier molecular flexibility index (Phi) is 130. The Morgan fingerprint density at radius 3 is 0.750 bits per heavy atom. The number of rotatable bonds is 0. The zero-order valence-corrected chi connectivity index (χ0v) is 10.2. The molecule has 0 aliphatic heterocycles. The average molecular weight is 213 g/mol. The van der Waals surface area contributed by atoms with Crippen molar-refractivity contribution in [2.45, 2.75) is 0 Å². The van der Waals surface area contributed by atoms with Crippen molar-refractivity contribution < 1.29 is 32.7 Å². The molecule has 0 heterocycles. The SMILES string of the molecule is [Cs].[O-2].[O-2].[Ti+4]. The van der Waals surface area contributed by atoms with Crippen LogP contribution in [0.3, 0.4) is 0 Å². The zero-order valence-electron chi connectivity index (χ0n) is 2.32. The fourth-order valence-electron chi connectivity index (χ4n) is 0. The molecule has 0 rings (SSSR count). The molecule has 4 heteroatoms. The van der Waals surface area contributed by atoms with Crippen LogP contribution in [0, 0.1) is 0 Å². The Morgan fingerprint density at radius 2 is 0.750 bits per heavy atom. The van der Waals surface area contributed by atoms with Gasteiger partial charge in [-0.2, -0.15) is 0 Å². The second kappa shape index (κ2) is 17.3. The maximum Gasteiger partial charge on any atom is 4.00 e. The van der Waals surface area contributed by atoms with E-state index >= 15 is 0 Å². The van der Waals surface area contributed by atoms with Gasteiger partial charge < -0.3 is 11.0 Å². The van der Waals surface area contributed by atoms with Gasteiger partial charge in [-0.1, -0.05) is 0 Å². The molecule has 0 N–H and O–H groups in total. The first-order valence-electron chi connectivity index (χ1n) is 0. The van der Waals surface area contributed by atoms with E-state index in [1.54, 1.807) is 0 Å². The maximum absolute atomic E-state index is 0. The standard InChI is InChI=1S/Cs.2O.Ti/q;2*-2;+4. The third kappa shape index (κ3) is 8.82. The molecule has 0 aromatic heterocycles. The van der Waals surface area contributed by atoms with Crippen LogP contribution in [-0.4, -0.2) is 68.9 Å². The van der Waals surface area contributed by atoms with E-state index in [1.807, 2.05) is 0 Å². The molecule has 2 nitrogen and oxygen atoms in total. The maximum atomic E-state index is 0. The molecule has 0 amide bonds. The summed E-state index contributed by atoms with van der Waals surface area (Å²) in [5.74, 6) is 0. The molecule has 17 valence electrons. The van der Waals surface area contributed by atoms with Crippen molar-refractivity contribution >= 4 is 68.9 Å². The molecule has 0 unspecified atom stereocenters. The topological polar surface area (TPSA) is 57.0 Å². The summed E-state index contributed by atoms with van der Waals surface area (Å²) in [7, 11) is 0. The number of hydrogen-bond acceptors (Lipinski definition) is 0. The second-order valence-corrected chi connectivity index (χ2v) is 0. The molecule has 4 heavy (non-hydrogen) atoms. The van der Waals surface area contributed by atoms with Crippen LogP contribution < -0.4 is 0 Å². The summed E-state index contributed by atoms with van der Waals surface area (Å²) in [6.45, 7) is 0. The molecule has 0 bridgehead atoms. The van der Waals surface area contributed by atoms with Crippen molar-refractivity contribution in [1.29, 1.82) is 0 Å². The fraction of sp³-hybridized carbons (Fsp3) is 0. The summed E-state index contributed by atoms with van der Waals surface area (Å²) in [4.78, 5) is 0. The molecule has 0 saturated carbocycles. The van der Waals surface area contributed by atoms with Gasteiger partial charge in [-0.3, -0.25) is 0 Å². The second-order valence-electron chi connectivity index (χ2n) is 0. The molecular weight excluding hydrogens is 213 g/mol. The van der Waals surface area contributed by atoms with Crippen molar-refractivity contribution in [3.63, 3.8) is 0 Å². The van der Waals surface area contributed by atoms with Gasteiger partial charge in [0.25, 0.3) is 0 Å². The molecule has 0 aliphatic carbocycles. The molecule has 0 aromatic carbocycles. The molecule has 0 atom stereocenters. The summed E-state index contributed by atoms with van der Waals surface area (Å²) < 4.78 is 0. The van der Waals surface area contributed by atoms with E-state index in [4.69, 9.17) is 0 Å². The minimum absolute atomic E-state index is 0. The summed E-state index contributed by atoms with van der Waals surface area (Å²) in [6.07, 6.45) is 0. The Hall–Kier alpha value is 2.69. The van der Waals surface area contributed by atoms with Crippen LogP contribution in [0.25, 0.3) is 0 Å². The predicted octanol–water partition coefficient (Wildman–Crippen LogP) is -0.621. The first-order valence-corrected chi connectivity index (χ1v) is 0. The molecular formula is CsO2Ti. The molecule has 0 aliphatic rings. The van der Waals surface area contributed by atoms with Crippen LogP contribution >= 0.6 is 0 Å². The fourth-order valence-corrected chi connectivity index (χ4v) is 0. The van der Waals surface area contributed by atoms with Crippen LogP contribution in [0.1, 0.15) is 0 Å². The van der Waals surface area contributed by atoms with Gasteiger partial charge in [0.15, 0.2) is 0 Å². The van der Waals surface area contributed by atoms with E-state index < -0.39 is 0 Å². The quantitative estimate of drug-likeness (QED) is 0.481. The van der Waals surface area contributed by atoms with Crippen molar-refractivity contribution in [3.8, 4) is 0 Å². The van der Waals surface area contributed by atoms with E-state index in [0.29, 0.717) is 0 Å². The minimum Gasteiger partial charge on any atom is -2.00 e. The Balaban J connectivity index is 0. The van der Waals surface area contributed by atoms with Gasteiger partial charge in [0, 0.05) is 68.9 Å². The van der Waals surface area contributed by atoms with Gasteiger partial charge in [-0.15, -0.1) is 0 Å². The van der Waals surface area contributed by atoms with Gasteiger partial charge in [-0.05, 0) is 0 Å². The van der Waals surface area contributed by atoms with Crippen molar-refractivity contribution in [3.05, 3.63) is 0 Å². The summed E-state index contributed by atoms with van der Waals surface area (Å²) in [6, 6.07) is 0. The third-order valence-electron chi connectivity index (χ3n) is 0. The Bertz CT molecular complexity index is 6.00. The molecule has 1 radical (unpaired) electrons. The van der Waals surface area contributed by atoms with Crippen LogP contribution in [-0.2, 0) is 32.7 Å². The Labute approximate surface area is 98.6 Å². The van der Waals surface area contributed by atoms with Gasteiger partial charge >= 0.3 is 21.7 Å². The van der Waals surface area contributed by atoms with Gasteiger partial charge in [0.2, 0.25) is 0 Å². The minimum atomic E-state index is 0. The zero-order chi connectivity index (χ0) is 0. The van der Waals surface area contributed by atoms with Crippen LogP contribution in [0.5, 0.6) is 0 Å². The van der Waals surface area contributed by atoms with E-state index in [0.717, 1.165) is 0 Å². The number of hydrogen-bond donors (Lipinski definition) is 0. The van der Waals surface area contributed by atoms with Crippen LogP contribution in [0.4, 0.5) is 0 Å². The average Bonchev–Trinajstić information content (AvgIpc) is 0. The summed E-state index contributed by atoms with van der Waals surface area (Å²) in [5.41, 5.74) is 0. The van der Waals surface area contributed by atoms with E-state index in [2.05, 4.69) is 0 Å². The normalized spacial score (nSPS) is 0. The monoisotopic (exact) mass is 213 g/mol. The van der Waals surface area contributed by atoms with E-state index in [1.165, 1.54) is 0 Å². The molecule has 0 spiro atoms. The third-order valence-corrected chi connectivity index (χ3v) is 0. The molecule has 0 saturated heterocycles. The van der Waals surface area contributed by atoms with Crippen molar-refractivity contribution in [1.82, 2.24) is 0 Å². The summed E-state index contributed by atoms with van der Waals surface area (Å²) in [5, 5.41) is 0. The van der Waals surface area contributed by atoms with Crippen LogP contribution in [0.2, 0.25) is 0 Å². The largest absolute Gasteiger partial charge is 4.00 e. The van der Waals surface area contributed by atoms with Crippen LogP contribution in [0.15, 0.2) is 0 Å².